The van der Waals surface area contributed by atoms with E-state index in [1.165, 1.54) is 18.2 Å². The number of nitrogens with zero attached hydrogens (tertiary/aromatic N) is 1. The molecule has 0 saturated carbocycles. The van der Waals surface area contributed by atoms with Gasteiger partial charge >= 0.3 is 12.1 Å². The standard InChI is InChI=1S/C20H18N2O6/c23-19(24)13-17-10-9-15(12-18(17)22(26)27)6-4-5-11-21-20(25)28-14-16-7-2-1-3-8-16/h1-3,7-10,12H,5,11,13-14H2,(H,21,25)(H,23,24). The largest absolute Gasteiger partial charge is 0.481 e. The minimum Gasteiger partial charge on any atom is -0.481 e. The Morgan fingerprint density at radius 1 is 1.18 bits per heavy atom. The highest BCUT2D eigenvalue weighted by molar-refractivity contribution is 5.72. The van der Waals surface area contributed by atoms with E-state index in [0.29, 0.717) is 12.0 Å². The maximum Gasteiger partial charge on any atom is 0.407 e. The fourth-order valence-corrected chi connectivity index (χ4v) is 2.29. The molecule has 2 rings (SSSR count). The predicted octanol–water partition coefficient (Wildman–Crippen LogP) is 2.89. The summed E-state index contributed by atoms with van der Waals surface area (Å²) in [6, 6.07) is 13.4. The van der Waals surface area contributed by atoms with Crippen molar-refractivity contribution < 1.29 is 24.4 Å². The molecule has 0 atom stereocenters. The molecule has 0 bridgehead atoms. The van der Waals surface area contributed by atoms with Crippen LogP contribution in [0.4, 0.5) is 10.5 Å². The zero-order valence-electron chi connectivity index (χ0n) is 14.9. The molecule has 0 aliphatic heterocycles. The maximum absolute atomic E-state index is 11.6. The minimum atomic E-state index is -1.15. The van der Waals surface area contributed by atoms with E-state index in [-0.39, 0.29) is 24.4 Å². The third-order valence-corrected chi connectivity index (χ3v) is 3.59. The second-order valence-corrected chi connectivity index (χ2v) is 5.71. The lowest BCUT2D eigenvalue weighted by molar-refractivity contribution is -0.385. The number of nitro benzene ring substituents is 1. The van der Waals surface area contributed by atoms with Gasteiger partial charge in [-0.15, -0.1) is 0 Å². The van der Waals surface area contributed by atoms with Gasteiger partial charge < -0.3 is 15.2 Å². The Morgan fingerprint density at radius 2 is 1.93 bits per heavy atom. The zero-order chi connectivity index (χ0) is 20.4. The number of alkyl carbamates (subject to hydrolysis) is 1. The summed E-state index contributed by atoms with van der Waals surface area (Å²) < 4.78 is 5.06. The number of carboxylic acids is 1. The average Bonchev–Trinajstić information content (AvgIpc) is 2.67. The summed E-state index contributed by atoms with van der Waals surface area (Å²) in [6.07, 6.45) is -0.663. The SMILES string of the molecule is O=C(O)Cc1ccc(C#CCCNC(=O)OCc2ccccc2)cc1[N+](=O)[O-]. The van der Waals surface area contributed by atoms with Crippen LogP contribution in [-0.2, 0) is 22.6 Å². The number of carbonyl (C=O) groups is 2. The van der Waals surface area contributed by atoms with Crippen LogP contribution in [0.3, 0.4) is 0 Å². The van der Waals surface area contributed by atoms with Gasteiger partial charge in [-0.1, -0.05) is 48.2 Å². The summed E-state index contributed by atoms with van der Waals surface area (Å²) in [6.45, 7) is 0.435. The van der Waals surface area contributed by atoms with Crippen molar-refractivity contribution in [1.29, 1.82) is 0 Å². The van der Waals surface area contributed by atoms with E-state index >= 15 is 0 Å². The van der Waals surface area contributed by atoms with Gasteiger partial charge in [0, 0.05) is 30.2 Å². The first-order chi connectivity index (χ1) is 13.5. The van der Waals surface area contributed by atoms with Gasteiger partial charge in [0.15, 0.2) is 0 Å². The van der Waals surface area contributed by atoms with Gasteiger partial charge in [-0.25, -0.2) is 4.79 Å². The zero-order valence-corrected chi connectivity index (χ0v) is 14.9. The smallest absolute Gasteiger partial charge is 0.407 e. The molecular weight excluding hydrogens is 364 g/mol. The highest BCUT2D eigenvalue weighted by Gasteiger charge is 2.16. The number of rotatable bonds is 7. The van der Waals surface area contributed by atoms with Crippen molar-refractivity contribution in [2.45, 2.75) is 19.4 Å². The molecule has 28 heavy (non-hydrogen) atoms. The molecular formula is C20H18N2O6. The lowest BCUT2D eigenvalue weighted by Gasteiger charge is -2.05. The number of carbonyl (C=O) groups excluding carboxylic acids is 1. The van der Waals surface area contributed by atoms with Crippen LogP contribution in [-0.4, -0.2) is 28.6 Å². The Labute approximate surface area is 161 Å². The van der Waals surface area contributed by atoms with Crippen molar-refractivity contribution in [3.8, 4) is 11.8 Å². The van der Waals surface area contributed by atoms with E-state index in [1.807, 2.05) is 30.3 Å². The molecule has 8 heteroatoms. The first kappa shape index (κ1) is 20.5. The summed E-state index contributed by atoms with van der Waals surface area (Å²) in [5, 5.41) is 22.4. The third kappa shape index (κ3) is 6.80. The average molecular weight is 382 g/mol. The van der Waals surface area contributed by atoms with E-state index in [2.05, 4.69) is 17.2 Å². The summed E-state index contributed by atoms with van der Waals surface area (Å²) in [5.74, 6) is 4.41. The van der Waals surface area contributed by atoms with Crippen molar-refractivity contribution >= 4 is 17.7 Å². The Bertz CT molecular complexity index is 915. The van der Waals surface area contributed by atoms with Crippen molar-refractivity contribution in [2.75, 3.05) is 6.54 Å². The van der Waals surface area contributed by atoms with E-state index < -0.39 is 23.4 Å². The highest BCUT2D eigenvalue weighted by atomic mass is 16.6. The van der Waals surface area contributed by atoms with E-state index in [1.54, 1.807) is 0 Å². The van der Waals surface area contributed by atoms with E-state index in [9.17, 15) is 19.7 Å². The maximum atomic E-state index is 11.6. The number of hydrogen-bond acceptors (Lipinski definition) is 5. The molecule has 0 aliphatic carbocycles. The van der Waals surface area contributed by atoms with Gasteiger partial charge in [0.05, 0.1) is 11.3 Å². The summed E-state index contributed by atoms with van der Waals surface area (Å²) in [5.41, 5.74) is 1.11. The number of nitrogens with one attached hydrogen (secondary N) is 1. The molecule has 1 amide bonds. The fourth-order valence-electron chi connectivity index (χ4n) is 2.29. The summed E-state index contributed by atoms with van der Waals surface area (Å²) >= 11 is 0. The number of hydrogen-bond donors (Lipinski definition) is 2. The Kier molecular flexibility index (Phi) is 7.54. The molecule has 0 aromatic heterocycles. The Hall–Kier alpha value is -3.86. The monoisotopic (exact) mass is 382 g/mol. The van der Waals surface area contributed by atoms with Gasteiger partial charge in [0.25, 0.3) is 5.69 Å². The van der Waals surface area contributed by atoms with Gasteiger partial charge in [-0.2, -0.15) is 0 Å². The lowest BCUT2D eigenvalue weighted by atomic mass is 10.1. The highest BCUT2D eigenvalue weighted by Crippen LogP contribution is 2.20. The van der Waals surface area contributed by atoms with Gasteiger partial charge in [0.2, 0.25) is 0 Å². The van der Waals surface area contributed by atoms with Crippen molar-refractivity contribution in [3.63, 3.8) is 0 Å². The minimum absolute atomic E-state index is 0.117. The van der Waals surface area contributed by atoms with Gasteiger partial charge in [-0.3, -0.25) is 14.9 Å². The number of benzene rings is 2. The molecule has 2 aromatic rings. The first-order valence-electron chi connectivity index (χ1n) is 8.38. The van der Waals surface area contributed by atoms with Crippen LogP contribution in [0, 0.1) is 22.0 Å². The van der Waals surface area contributed by atoms with E-state index in [0.717, 1.165) is 5.56 Å². The van der Waals surface area contributed by atoms with Crippen LogP contribution in [0.25, 0.3) is 0 Å². The molecule has 0 saturated heterocycles. The normalized spacial score (nSPS) is 9.71. The molecule has 0 heterocycles. The molecule has 8 nitrogen and oxygen atoms in total. The number of nitro groups is 1. The molecule has 2 aromatic carbocycles. The molecule has 0 spiro atoms. The van der Waals surface area contributed by atoms with Crippen molar-refractivity contribution in [3.05, 3.63) is 75.3 Å². The number of carboxylic acid groups (broad SMARTS) is 1. The molecule has 2 N–H and O–H groups in total. The fraction of sp³-hybridized carbons (Fsp3) is 0.200. The second kappa shape index (κ2) is 10.3. The third-order valence-electron chi connectivity index (χ3n) is 3.59. The van der Waals surface area contributed by atoms with Gasteiger partial charge in [-0.05, 0) is 11.6 Å². The van der Waals surface area contributed by atoms with Crippen LogP contribution in [0.15, 0.2) is 48.5 Å². The molecule has 0 fully saturated rings. The van der Waals surface area contributed by atoms with Gasteiger partial charge in [0.1, 0.15) is 6.61 Å². The first-order valence-corrected chi connectivity index (χ1v) is 8.38. The quantitative estimate of drug-likeness (QED) is 0.329. The summed E-state index contributed by atoms with van der Waals surface area (Å²) in [7, 11) is 0. The molecule has 0 radical (unpaired) electrons. The Balaban J connectivity index is 1.82. The second-order valence-electron chi connectivity index (χ2n) is 5.71. The lowest BCUT2D eigenvalue weighted by Crippen LogP contribution is -2.24. The van der Waals surface area contributed by atoms with Crippen LogP contribution in [0.2, 0.25) is 0 Å². The van der Waals surface area contributed by atoms with Crippen LogP contribution in [0.5, 0.6) is 0 Å². The topological polar surface area (TPSA) is 119 Å². The molecule has 0 unspecified atom stereocenters. The number of amides is 1. The number of ether oxygens (including phenoxy) is 1. The summed E-state index contributed by atoms with van der Waals surface area (Å²) in [4.78, 5) is 32.8. The predicted molar refractivity (Wildman–Crippen MR) is 101 cm³/mol. The van der Waals surface area contributed by atoms with E-state index in [4.69, 9.17) is 9.84 Å². The Morgan fingerprint density at radius 3 is 2.61 bits per heavy atom. The molecule has 0 aliphatic rings. The van der Waals surface area contributed by atoms with Crippen molar-refractivity contribution in [2.24, 2.45) is 0 Å². The van der Waals surface area contributed by atoms with Crippen LogP contribution < -0.4 is 5.32 Å². The number of aliphatic carboxylic acids is 1. The van der Waals surface area contributed by atoms with Crippen LogP contribution in [0.1, 0.15) is 23.1 Å². The van der Waals surface area contributed by atoms with Crippen molar-refractivity contribution in [1.82, 2.24) is 5.32 Å². The molecule has 144 valence electrons. The van der Waals surface area contributed by atoms with Crippen LogP contribution >= 0.6 is 0 Å².